The van der Waals surface area contributed by atoms with E-state index >= 15 is 0 Å². The number of pyridine rings is 2. The molecular weight excluding hydrogens is 264 g/mol. The van der Waals surface area contributed by atoms with Crippen molar-refractivity contribution in [2.45, 2.75) is 6.54 Å². The van der Waals surface area contributed by atoms with E-state index < -0.39 is 0 Å². The maximum absolute atomic E-state index is 12.3. The Balaban J connectivity index is 2.17. The minimum Gasteiger partial charge on any atom is -0.397 e. The standard InChI is InChI=1S/C13H13ClN4O/c1-18(8-9-4-2-3-5-16-9)13(19)10-6-12(14)17-7-11(10)15/h2-7H,8,15H2,1H3. The Labute approximate surface area is 116 Å². The van der Waals surface area contributed by atoms with Gasteiger partial charge in [0.05, 0.1) is 29.7 Å². The second kappa shape index (κ2) is 5.67. The molecular formula is C13H13ClN4O. The molecule has 0 atom stereocenters. The van der Waals surface area contributed by atoms with Gasteiger partial charge in [0.15, 0.2) is 0 Å². The van der Waals surface area contributed by atoms with Crippen LogP contribution >= 0.6 is 11.6 Å². The zero-order chi connectivity index (χ0) is 13.8. The molecule has 0 saturated carbocycles. The number of carbonyl (C=O) groups excluding carboxylic acids is 1. The largest absolute Gasteiger partial charge is 0.397 e. The Morgan fingerprint density at radius 1 is 1.42 bits per heavy atom. The number of halogens is 1. The Hall–Kier alpha value is -2.14. The van der Waals surface area contributed by atoms with Gasteiger partial charge in [0.2, 0.25) is 0 Å². The van der Waals surface area contributed by atoms with E-state index in [2.05, 4.69) is 9.97 Å². The molecule has 2 rings (SSSR count). The Bertz CT molecular complexity index is 588. The molecule has 0 spiro atoms. The van der Waals surface area contributed by atoms with Crippen LogP contribution in [-0.2, 0) is 6.54 Å². The number of carbonyl (C=O) groups is 1. The van der Waals surface area contributed by atoms with E-state index in [0.717, 1.165) is 5.69 Å². The second-order valence-electron chi connectivity index (χ2n) is 4.08. The summed E-state index contributed by atoms with van der Waals surface area (Å²) in [7, 11) is 1.69. The van der Waals surface area contributed by atoms with E-state index in [0.29, 0.717) is 17.8 Å². The van der Waals surface area contributed by atoms with E-state index in [1.165, 1.54) is 17.2 Å². The first-order valence-corrected chi connectivity index (χ1v) is 6.02. The first-order chi connectivity index (χ1) is 9.08. The lowest BCUT2D eigenvalue weighted by atomic mass is 10.2. The summed E-state index contributed by atoms with van der Waals surface area (Å²) in [6.07, 6.45) is 3.06. The number of nitrogen functional groups attached to an aromatic ring is 1. The van der Waals surface area contributed by atoms with Gasteiger partial charge in [-0.25, -0.2) is 4.98 Å². The maximum atomic E-state index is 12.3. The predicted octanol–water partition coefficient (Wildman–Crippen LogP) is 1.98. The van der Waals surface area contributed by atoms with Gasteiger partial charge in [0.25, 0.3) is 5.91 Å². The highest BCUT2D eigenvalue weighted by atomic mass is 35.5. The molecule has 0 aliphatic carbocycles. The number of amides is 1. The Kier molecular flexibility index (Phi) is 3.97. The lowest BCUT2D eigenvalue weighted by Crippen LogP contribution is -2.27. The lowest BCUT2D eigenvalue weighted by molar-refractivity contribution is 0.0784. The molecule has 1 amide bonds. The molecule has 2 heterocycles. The van der Waals surface area contributed by atoms with Crippen molar-refractivity contribution >= 4 is 23.2 Å². The molecule has 2 N–H and O–H groups in total. The molecule has 5 nitrogen and oxygen atoms in total. The van der Waals surface area contributed by atoms with Gasteiger partial charge in [0, 0.05) is 13.2 Å². The molecule has 19 heavy (non-hydrogen) atoms. The lowest BCUT2D eigenvalue weighted by Gasteiger charge is -2.17. The average molecular weight is 277 g/mol. The molecule has 0 aromatic carbocycles. The predicted molar refractivity (Wildman–Crippen MR) is 73.7 cm³/mol. The van der Waals surface area contributed by atoms with Crippen LogP contribution < -0.4 is 5.73 Å². The normalized spacial score (nSPS) is 10.2. The van der Waals surface area contributed by atoms with Crippen LogP contribution in [-0.4, -0.2) is 27.8 Å². The van der Waals surface area contributed by atoms with Crippen molar-refractivity contribution < 1.29 is 4.79 Å². The molecule has 2 aromatic rings. The van der Waals surface area contributed by atoms with Crippen LogP contribution in [0.25, 0.3) is 0 Å². The zero-order valence-electron chi connectivity index (χ0n) is 10.4. The summed E-state index contributed by atoms with van der Waals surface area (Å²) in [6, 6.07) is 7.02. The smallest absolute Gasteiger partial charge is 0.256 e. The van der Waals surface area contributed by atoms with Crippen molar-refractivity contribution in [3.63, 3.8) is 0 Å². The molecule has 0 unspecified atom stereocenters. The number of hydrogen-bond acceptors (Lipinski definition) is 4. The van der Waals surface area contributed by atoms with Gasteiger partial charge in [-0.05, 0) is 18.2 Å². The molecule has 0 saturated heterocycles. The summed E-state index contributed by atoms with van der Waals surface area (Å²) in [5.74, 6) is -0.215. The average Bonchev–Trinajstić information content (AvgIpc) is 2.42. The van der Waals surface area contributed by atoms with Gasteiger partial charge >= 0.3 is 0 Å². The fraction of sp³-hybridized carbons (Fsp3) is 0.154. The van der Waals surface area contributed by atoms with Crippen molar-refractivity contribution in [3.8, 4) is 0 Å². The molecule has 6 heteroatoms. The van der Waals surface area contributed by atoms with Crippen LogP contribution in [0.15, 0.2) is 36.7 Å². The molecule has 2 aromatic heterocycles. The number of rotatable bonds is 3. The second-order valence-corrected chi connectivity index (χ2v) is 4.46. The van der Waals surface area contributed by atoms with E-state index in [-0.39, 0.29) is 11.1 Å². The summed E-state index contributed by atoms with van der Waals surface area (Å²) in [4.78, 5) is 21.8. The monoisotopic (exact) mass is 276 g/mol. The van der Waals surface area contributed by atoms with E-state index in [9.17, 15) is 4.79 Å². The van der Waals surface area contributed by atoms with Crippen molar-refractivity contribution in [2.24, 2.45) is 0 Å². The minimum absolute atomic E-state index is 0.215. The van der Waals surface area contributed by atoms with Crippen molar-refractivity contribution in [1.29, 1.82) is 0 Å². The molecule has 0 aliphatic rings. The van der Waals surface area contributed by atoms with E-state index in [1.54, 1.807) is 13.2 Å². The van der Waals surface area contributed by atoms with Crippen LogP contribution in [0.3, 0.4) is 0 Å². The minimum atomic E-state index is -0.215. The van der Waals surface area contributed by atoms with Gasteiger partial charge in [-0.15, -0.1) is 0 Å². The summed E-state index contributed by atoms with van der Waals surface area (Å²) < 4.78 is 0. The third kappa shape index (κ3) is 3.20. The van der Waals surface area contributed by atoms with Crippen molar-refractivity contribution in [1.82, 2.24) is 14.9 Å². The molecule has 0 bridgehead atoms. The first-order valence-electron chi connectivity index (χ1n) is 5.64. The molecule has 0 radical (unpaired) electrons. The number of nitrogens with two attached hydrogens (primary N) is 1. The van der Waals surface area contributed by atoms with Crippen LogP contribution in [0.1, 0.15) is 16.1 Å². The van der Waals surface area contributed by atoms with Crippen molar-refractivity contribution in [2.75, 3.05) is 12.8 Å². The Morgan fingerprint density at radius 2 is 2.21 bits per heavy atom. The highest BCUT2D eigenvalue weighted by Gasteiger charge is 2.16. The zero-order valence-corrected chi connectivity index (χ0v) is 11.1. The quantitative estimate of drug-likeness (QED) is 0.870. The van der Waals surface area contributed by atoms with Crippen LogP contribution in [0.5, 0.6) is 0 Å². The summed E-state index contributed by atoms with van der Waals surface area (Å²) >= 11 is 5.78. The van der Waals surface area contributed by atoms with Crippen LogP contribution in [0.4, 0.5) is 5.69 Å². The van der Waals surface area contributed by atoms with Gasteiger partial charge in [-0.1, -0.05) is 17.7 Å². The summed E-state index contributed by atoms with van der Waals surface area (Å²) in [6.45, 7) is 0.402. The molecule has 98 valence electrons. The number of aromatic nitrogens is 2. The molecule has 0 aliphatic heterocycles. The van der Waals surface area contributed by atoms with Crippen LogP contribution in [0.2, 0.25) is 5.15 Å². The van der Waals surface area contributed by atoms with Gasteiger partial charge in [0.1, 0.15) is 5.15 Å². The fourth-order valence-electron chi connectivity index (χ4n) is 1.64. The van der Waals surface area contributed by atoms with E-state index in [4.69, 9.17) is 17.3 Å². The van der Waals surface area contributed by atoms with Gasteiger partial charge in [-0.2, -0.15) is 0 Å². The maximum Gasteiger partial charge on any atom is 0.256 e. The number of anilines is 1. The third-order valence-electron chi connectivity index (χ3n) is 2.60. The first kappa shape index (κ1) is 13.3. The molecule has 0 fully saturated rings. The van der Waals surface area contributed by atoms with E-state index in [1.807, 2.05) is 18.2 Å². The fourth-order valence-corrected chi connectivity index (χ4v) is 1.80. The highest BCUT2D eigenvalue weighted by Crippen LogP contribution is 2.17. The highest BCUT2D eigenvalue weighted by molar-refractivity contribution is 6.29. The van der Waals surface area contributed by atoms with Crippen LogP contribution in [0, 0.1) is 0 Å². The Morgan fingerprint density at radius 3 is 2.89 bits per heavy atom. The topological polar surface area (TPSA) is 72.1 Å². The summed E-state index contributed by atoms with van der Waals surface area (Å²) in [5.41, 5.74) is 7.19. The summed E-state index contributed by atoms with van der Waals surface area (Å²) in [5, 5.41) is 0.240. The third-order valence-corrected chi connectivity index (χ3v) is 2.81. The van der Waals surface area contributed by atoms with Crippen molar-refractivity contribution in [3.05, 3.63) is 53.1 Å². The van der Waals surface area contributed by atoms with Gasteiger partial charge in [-0.3, -0.25) is 9.78 Å². The SMILES string of the molecule is CN(Cc1ccccn1)C(=O)c1cc(Cl)ncc1N. The number of nitrogens with zero attached hydrogens (tertiary/aromatic N) is 3. The van der Waals surface area contributed by atoms with Gasteiger partial charge < -0.3 is 10.6 Å². The number of hydrogen-bond donors (Lipinski definition) is 1.